The van der Waals surface area contributed by atoms with Crippen LogP contribution >= 0.6 is 0 Å². The summed E-state index contributed by atoms with van der Waals surface area (Å²) in [6.45, 7) is 3.71. The van der Waals surface area contributed by atoms with E-state index in [1.807, 2.05) is 0 Å². The molecule has 1 saturated heterocycles. The van der Waals surface area contributed by atoms with E-state index in [4.69, 9.17) is 5.11 Å². The molecule has 1 rings (SSSR count). The highest BCUT2D eigenvalue weighted by Crippen LogP contribution is 2.09. The van der Waals surface area contributed by atoms with Gasteiger partial charge in [0.15, 0.2) is 0 Å². The SMILES string of the molecule is CN1CCCC(NCCCO)CC1. The first-order valence-corrected chi connectivity index (χ1v) is 5.35. The smallest absolute Gasteiger partial charge is 0.0443 e. The number of aliphatic hydroxyl groups is 1. The van der Waals surface area contributed by atoms with Crippen LogP contribution in [0.2, 0.25) is 0 Å². The molecule has 13 heavy (non-hydrogen) atoms. The van der Waals surface area contributed by atoms with Gasteiger partial charge in [0.2, 0.25) is 0 Å². The normalized spacial score (nSPS) is 25.8. The van der Waals surface area contributed by atoms with Crippen molar-refractivity contribution < 1.29 is 5.11 Å². The fourth-order valence-electron chi connectivity index (χ4n) is 1.83. The molecule has 1 fully saturated rings. The van der Waals surface area contributed by atoms with Crippen molar-refractivity contribution in [3.8, 4) is 0 Å². The molecule has 0 aromatic rings. The molecule has 0 aromatic heterocycles. The predicted molar refractivity (Wildman–Crippen MR) is 54.8 cm³/mol. The third-order valence-electron chi connectivity index (χ3n) is 2.72. The van der Waals surface area contributed by atoms with Gasteiger partial charge in [0, 0.05) is 12.6 Å². The van der Waals surface area contributed by atoms with Gasteiger partial charge in [-0.1, -0.05) is 0 Å². The number of hydrogen-bond donors (Lipinski definition) is 2. The molecule has 78 valence electrons. The van der Waals surface area contributed by atoms with Gasteiger partial charge in [0.05, 0.1) is 0 Å². The molecule has 1 unspecified atom stereocenters. The molecule has 0 saturated carbocycles. The van der Waals surface area contributed by atoms with Crippen LogP contribution < -0.4 is 5.32 Å². The summed E-state index contributed by atoms with van der Waals surface area (Å²) >= 11 is 0. The minimum Gasteiger partial charge on any atom is -0.396 e. The highest BCUT2D eigenvalue weighted by atomic mass is 16.3. The first kappa shape index (κ1) is 11.0. The zero-order chi connectivity index (χ0) is 9.52. The molecule has 3 nitrogen and oxygen atoms in total. The number of nitrogens with zero attached hydrogens (tertiary/aromatic N) is 1. The molecular formula is C10H22N2O. The Labute approximate surface area is 81.1 Å². The highest BCUT2D eigenvalue weighted by Gasteiger charge is 2.13. The van der Waals surface area contributed by atoms with Crippen molar-refractivity contribution in [1.29, 1.82) is 0 Å². The molecule has 0 amide bonds. The number of nitrogens with one attached hydrogen (secondary N) is 1. The molecule has 1 heterocycles. The summed E-state index contributed by atoms with van der Waals surface area (Å²) in [5, 5.41) is 12.1. The lowest BCUT2D eigenvalue weighted by molar-refractivity contribution is 0.281. The zero-order valence-corrected chi connectivity index (χ0v) is 8.63. The second-order valence-corrected chi connectivity index (χ2v) is 3.96. The topological polar surface area (TPSA) is 35.5 Å². The third-order valence-corrected chi connectivity index (χ3v) is 2.72. The Morgan fingerprint density at radius 1 is 1.38 bits per heavy atom. The van der Waals surface area contributed by atoms with E-state index in [2.05, 4.69) is 17.3 Å². The molecule has 0 radical (unpaired) electrons. The van der Waals surface area contributed by atoms with Gasteiger partial charge in [0.25, 0.3) is 0 Å². The zero-order valence-electron chi connectivity index (χ0n) is 8.63. The molecule has 0 aromatic carbocycles. The summed E-state index contributed by atoms with van der Waals surface area (Å²) < 4.78 is 0. The van der Waals surface area contributed by atoms with Crippen molar-refractivity contribution >= 4 is 0 Å². The third kappa shape index (κ3) is 4.60. The summed E-state index contributed by atoms with van der Waals surface area (Å²) in [6, 6.07) is 0.677. The number of rotatable bonds is 4. The van der Waals surface area contributed by atoms with Crippen molar-refractivity contribution in [3.63, 3.8) is 0 Å². The van der Waals surface area contributed by atoms with Gasteiger partial charge < -0.3 is 15.3 Å². The van der Waals surface area contributed by atoms with Gasteiger partial charge in [-0.2, -0.15) is 0 Å². The Morgan fingerprint density at radius 3 is 3.00 bits per heavy atom. The molecule has 3 heteroatoms. The minimum atomic E-state index is 0.305. The number of aliphatic hydroxyl groups excluding tert-OH is 1. The van der Waals surface area contributed by atoms with Crippen LogP contribution in [0.4, 0.5) is 0 Å². The lowest BCUT2D eigenvalue weighted by Crippen LogP contribution is -2.31. The van der Waals surface area contributed by atoms with Gasteiger partial charge >= 0.3 is 0 Å². The van der Waals surface area contributed by atoms with Crippen LogP contribution in [-0.2, 0) is 0 Å². The monoisotopic (exact) mass is 186 g/mol. The molecule has 2 N–H and O–H groups in total. The van der Waals surface area contributed by atoms with Crippen LogP contribution in [0.25, 0.3) is 0 Å². The van der Waals surface area contributed by atoms with Crippen LogP contribution in [0.3, 0.4) is 0 Å². The Morgan fingerprint density at radius 2 is 2.23 bits per heavy atom. The average molecular weight is 186 g/mol. The molecule has 1 atom stereocenters. The van der Waals surface area contributed by atoms with Crippen molar-refractivity contribution in [2.24, 2.45) is 0 Å². The number of hydrogen-bond acceptors (Lipinski definition) is 3. The fourth-order valence-corrected chi connectivity index (χ4v) is 1.83. The summed E-state index contributed by atoms with van der Waals surface area (Å²) in [6.07, 6.45) is 4.72. The van der Waals surface area contributed by atoms with Gasteiger partial charge in [-0.05, 0) is 52.4 Å². The largest absolute Gasteiger partial charge is 0.396 e. The quantitative estimate of drug-likeness (QED) is 0.626. The summed E-state index contributed by atoms with van der Waals surface area (Å²) in [5.74, 6) is 0. The second kappa shape index (κ2) is 6.35. The predicted octanol–water partition coefficient (Wildman–Crippen LogP) is 0.443. The maximum Gasteiger partial charge on any atom is 0.0443 e. The van der Waals surface area contributed by atoms with Crippen LogP contribution in [0.1, 0.15) is 25.7 Å². The minimum absolute atomic E-state index is 0.305. The van der Waals surface area contributed by atoms with Gasteiger partial charge in [-0.25, -0.2) is 0 Å². The molecule has 0 aliphatic carbocycles. The molecular weight excluding hydrogens is 164 g/mol. The lowest BCUT2D eigenvalue weighted by atomic mass is 10.1. The molecule has 0 bridgehead atoms. The molecule has 1 aliphatic rings. The van der Waals surface area contributed by atoms with Crippen LogP contribution in [-0.4, -0.2) is 49.3 Å². The van der Waals surface area contributed by atoms with Gasteiger partial charge in [0.1, 0.15) is 0 Å². The van der Waals surface area contributed by atoms with E-state index >= 15 is 0 Å². The fraction of sp³-hybridized carbons (Fsp3) is 1.00. The van der Waals surface area contributed by atoms with E-state index in [1.54, 1.807) is 0 Å². The average Bonchev–Trinajstić information content (AvgIpc) is 2.32. The molecule has 1 aliphatic heterocycles. The first-order chi connectivity index (χ1) is 6.33. The molecule has 0 spiro atoms. The Kier molecular flexibility index (Phi) is 5.35. The lowest BCUT2D eigenvalue weighted by Gasteiger charge is -2.16. The van der Waals surface area contributed by atoms with Crippen molar-refractivity contribution in [3.05, 3.63) is 0 Å². The summed E-state index contributed by atoms with van der Waals surface area (Å²) in [7, 11) is 2.19. The Balaban J connectivity index is 2.11. The summed E-state index contributed by atoms with van der Waals surface area (Å²) in [5.41, 5.74) is 0. The highest BCUT2D eigenvalue weighted by molar-refractivity contribution is 4.73. The van der Waals surface area contributed by atoms with Crippen molar-refractivity contribution in [2.45, 2.75) is 31.7 Å². The standard InChI is InChI=1S/C10H22N2O/c1-12-7-2-4-10(5-8-12)11-6-3-9-13/h10-11,13H,2-9H2,1H3. The van der Waals surface area contributed by atoms with Crippen LogP contribution in [0, 0.1) is 0 Å². The van der Waals surface area contributed by atoms with Gasteiger partial charge in [-0.15, -0.1) is 0 Å². The van der Waals surface area contributed by atoms with E-state index < -0.39 is 0 Å². The van der Waals surface area contributed by atoms with Gasteiger partial charge in [-0.3, -0.25) is 0 Å². The van der Waals surface area contributed by atoms with E-state index in [9.17, 15) is 0 Å². The summed E-state index contributed by atoms with van der Waals surface area (Å²) in [4.78, 5) is 2.40. The van der Waals surface area contributed by atoms with Crippen molar-refractivity contribution in [1.82, 2.24) is 10.2 Å². The second-order valence-electron chi connectivity index (χ2n) is 3.96. The van der Waals surface area contributed by atoms with Crippen LogP contribution in [0.15, 0.2) is 0 Å². The Hall–Kier alpha value is -0.120. The van der Waals surface area contributed by atoms with E-state index in [0.29, 0.717) is 12.6 Å². The first-order valence-electron chi connectivity index (χ1n) is 5.35. The Bertz CT molecular complexity index is 130. The number of likely N-dealkylation sites (tertiary alicyclic amines) is 1. The van der Waals surface area contributed by atoms with E-state index in [-0.39, 0.29) is 0 Å². The van der Waals surface area contributed by atoms with Crippen LogP contribution in [0.5, 0.6) is 0 Å². The maximum absolute atomic E-state index is 8.65. The van der Waals surface area contributed by atoms with E-state index in [1.165, 1.54) is 32.4 Å². The van der Waals surface area contributed by atoms with E-state index in [0.717, 1.165) is 13.0 Å². The maximum atomic E-state index is 8.65. The van der Waals surface area contributed by atoms with Crippen molar-refractivity contribution in [2.75, 3.05) is 33.3 Å².